The summed E-state index contributed by atoms with van der Waals surface area (Å²) in [5.74, 6) is 1.32. The second kappa shape index (κ2) is 7.31. The molecule has 0 N–H and O–H groups in total. The van der Waals surface area contributed by atoms with Crippen LogP contribution in [0.5, 0.6) is 11.5 Å². The van der Waals surface area contributed by atoms with Gasteiger partial charge in [-0.1, -0.05) is 4.49 Å². The Hall–Kier alpha value is -2.93. The number of anilines is 1. The molecule has 6 nitrogen and oxygen atoms in total. The van der Waals surface area contributed by atoms with Crippen molar-refractivity contribution in [3.8, 4) is 22.8 Å². The van der Waals surface area contributed by atoms with Crippen molar-refractivity contribution in [3.63, 3.8) is 0 Å². The van der Waals surface area contributed by atoms with Gasteiger partial charge in [0.05, 0.1) is 14.2 Å². The number of aromatic nitrogens is 2. The summed E-state index contributed by atoms with van der Waals surface area (Å²) in [7, 11) is 4.94. The quantitative estimate of drug-likeness (QED) is 0.701. The fraction of sp³-hybridized carbons (Fsp3) is 0.167. The van der Waals surface area contributed by atoms with Crippen molar-refractivity contribution in [1.29, 1.82) is 0 Å². The number of benzene rings is 2. The van der Waals surface area contributed by atoms with E-state index in [2.05, 4.69) is 9.59 Å². The molecule has 0 saturated heterocycles. The molecule has 0 fully saturated rings. The molecule has 0 aliphatic heterocycles. The molecule has 0 aliphatic rings. The number of hydrogen-bond donors (Lipinski definition) is 0. The van der Waals surface area contributed by atoms with E-state index in [0.717, 1.165) is 34.3 Å². The lowest BCUT2D eigenvalue weighted by atomic mass is 10.1. The Morgan fingerprint density at radius 3 is 2.08 bits per heavy atom. The number of nitrogens with zero attached hydrogens (tertiary/aromatic N) is 3. The summed E-state index contributed by atoms with van der Waals surface area (Å²) in [6, 6.07) is 14.7. The Morgan fingerprint density at radius 1 is 0.960 bits per heavy atom. The first kappa shape index (κ1) is 16.9. The van der Waals surface area contributed by atoms with Crippen LogP contribution in [0.1, 0.15) is 9.67 Å². The Labute approximate surface area is 149 Å². The summed E-state index contributed by atoms with van der Waals surface area (Å²) in [5.41, 5.74) is 2.15. The van der Waals surface area contributed by atoms with Crippen LogP contribution in [-0.2, 0) is 0 Å². The van der Waals surface area contributed by atoms with E-state index in [1.165, 1.54) is 0 Å². The first-order valence-corrected chi connectivity index (χ1v) is 8.30. The van der Waals surface area contributed by atoms with Crippen LogP contribution in [-0.4, -0.2) is 36.8 Å². The standard InChI is InChI=1S/C18H17N3O3S/c1-21(13-6-10-15(24-3)11-7-13)18(22)17-16(19-20-25-17)12-4-8-14(23-2)9-5-12/h4-11H,1-3H3. The van der Waals surface area contributed by atoms with Crippen LogP contribution >= 0.6 is 11.5 Å². The average molecular weight is 355 g/mol. The van der Waals surface area contributed by atoms with E-state index in [9.17, 15) is 4.79 Å². The normalized spacial score (nSPS) is 10.4. The van der Waals surface area contributed by atoms with E-state index in [4.69, 9.17) is 9.47 Å². The third-order valence-corrected chi connectivity index (χ3v) is 4.52. The molecule has 0 bridgehead atoms. The largest absolute Gasteiger partial charge is 0.497 e. The molecule has 128 valence electrons. The molecule has 0 atom stereocenters. The zero-order chi connectivity index (χ0) is 17.8. The number of ether oxygens (including phenoxy) is 2. The minimum Gasteiger partial charge on any atom is -0.497 e. The van der Waals surface area contributed by atoms with Gasteiger partial charge in [-0.3, -0.25) is 4.79 Å². The molecular weight excluding hydrogens is 338 g/mol. The van der Waals surface area contributed by atoms with E-state index >= 15 is 0 Å². The van der Waals surface area contributed by atoms with E-state index in [-0.39, 0.29) is 5.91 Å². The van der Waals surface area contributed by atoms with E-state index in [0.29, 0.717) is 10.6 Å². The lowest BCUT2D eigenvalue weighted by Crippen LogP contribution is -2.25. The molecule has 0 aliphatic carbocycles. The lowest BCUT2D eigenvalue weighted by Gasteiger charge is -2.17. The van der Waals surface area contributed by atoms with Crippen molar-refractivity contribution < 1.29 is 14.3 Å². The molecule has 1 aromatic heterocycles. The van der Waals surface area contributed by atoms with Crippen LogP contribution in [0, 0.1) is 0 Å². The summed E-state index contributed by atoms with van der Waals surface area (Å²) < 4.78 is 14.3. The number of hydrogen-bond acceptors (Lipinski definition) is 6. The van der Waals surface area contributed by atoms with Gasteiger partial charge in [0.15, 0.2) is 0 Å². The van der Waals surface area contributed by atoms with Crippen LogP contribution in [0.25, 0.3) is 11.3 Å². The third-order valence-electron chi connectivity index (χ3n) is 3.81. The highest BCUT2D eigenvalue weighted by Gasteiger charge is 2.22. The fourth-order valence-corrected chi connectivity index (χ4v) is 3.01. The van der Waals surface area contributed by atoms with Crippen LogP contribution in [0.4, 0.5) is 5.69 Å². The number of carbonyl (C=O) groups is 1. The van der Waals surface area contributed by atoms with Gasteiger partial charge in [-0.25, -0.2) is 0 Å². The van der Waals surface area contributed by atoms with Gasteiger partial charge in [-0.2, -0.15) is 0 Å². The molecule has 2 aromatic carbocycles. The van der Waals surface area contributed by atoms with E-state index in [1.807, 2.05) is 48.5 Å². The van der Waals surface area contributed by atoms with Gasteiger partial charge in [0, 0.05) is 18.3 Å². The lowest BCUT2D eigenvalue weighted by molar-refractivity contribution is 0.0997. The molecular formula is C18H17N3O3S. The highest BCUT2D eigenvalue weighted by atomic mass is 32.1. The summed E-state index contributed by atoms with van der Waals surface area (Å²) in [4.78, 5) is 14.9. The fourth-order valence-electron chi connectivity index (χ4n) is 2.34. The van der Waals surface area contributed by atoms with Crippen molar-refractivity contribution in [2.75, 3.05) is 26.2 Å². The summed E-state index contributed by atoms with van der Waals surface area (Å²) in [5, 5.41) is 4.13. The smallest absolute Gasteiger partial charge is 0.272 e. The predicted octanol–water partition coefficient (Wildman–Crippen LogP) is 3.50. The van der Waals surface area contributed by atoms with Crippen LogP contribution in [0.2, 0.25) is 0 Å². The average Bonchev–Trinajstić information content (AvgIpc) is 3.16. The van der Waals surface area contributed by atoms with Crippen molar-refractivity contribution in [1.82, 2.24) is 9.59 Å². The van der Waals surface area contributed by atoms with Gasteiger partial charge in [0.2, 0.25) is 0 Å². The molecule has 1 heterocycles. The predicted molar refractivity (Wildman–Crippen MR) is 97.6 cm³/mol. The Morgan fingerprint density at radius 2 is 1.52 bits per heavy atom. The molecule has 0 radical (unpaired) electrons. The zero-order valence-electron chi connectivity index (χ0n) is 14.1. The molecule has 0 unspecified atom stereocenters. The second-order valence-corrected chi connectivity index (χ2v) is 6.00. The SMILES string of the molecule is COc1ccc(-c2nnsc2C(=O)N(C)c2ccc(OC)cc2)cc1. The van der Waals surface area contributed by atoms with Crippen molar-refractivity contribution in [3.05, 3.63) is 53.4 Å². The molecule has 3 aromatic rings. The van der Waals surface area contributed by atoms with Gasteiger partial charge in [-0.05, 0) is 60.1 Å². The van der Waals surface area contributed by atoms with E-state index < -0.39 is 0 Å². The summed E-state index contributed by atoms with van der Waals surface area (Å²) in [6.07, 6.45) is 0. The zero-order valence-corrected chi connectivity index (χ0v) is 14.9. The minimum absolute atomic E-state index is 0.161. The second-order valence-electron chi connectivity index (χ2n) is 5.24. The maximum atomic E-state index is 12.9. The van der Waals surface area contributed by atoms with Crippen LogP contribution < -0.4 is 14.4 Å². The molecule has 0 saturated carbocycles. The Bertz CT molecular complexity index is 860. The first-order valence-electron chi connectivity index (χ1n) is 7.53. The van der Waals surface area contributed by atoms with Gasteiger partial charge in [-0.15, -0.1) is 5.10 Å². The van der Waals surface area contributed by atoms with Gasteiger partial charge in [0.1, 0.15) is 22.1 Å². The number of rotatable bonds is 5. The van der Waals surface area contributed by atoms with Crippen molar-refractivity contribution in [2.45, 2.75) is 0 Å². The third kappa shape index (κ3) is 3.46. The number of methoxy groups -OCH3 is 2. The maximum Gasteiger partial charge on any atom is 0.272 e. The topological polar surface area (TPSA) is 64.6 Å². The summed E-state index contributed by atoms with van der Waals surface area (Å²) >= 11 is 1.08. The van der Waals surface area contributed by atoms with Crippen molar-refractivity contribution in [2.24, 2.45) is 0 Å². The molecule has 0 spiro atoms. The van der Waals surface area contributed by atoms with Gasteiger partial charge in [0.25, 0.3) is 5.91 Å². The molecule has 1 amide bonds. The molecule has 7 heteroatoms. The Balaban J connectivity index is 1.88. The number of carbonyl (C=O) groups excluding carboxylic acids is 1. The highest BCUT2D eigenvalue weighted by Crippen LogP contribution is 2.28. The van der Waals surface area contributed by atoms with Gasteiger partial charge < -0.3 is 14.4 Å². The van der Waals surface area contributed by atoms with Crippen LogP contribution in [0.15, 0.2) is 48.5 Å². The Kier molecular flexibility index (Phi) is 4.95. The van der Waals surface area contributed by atoms with Crippen LogP contribution in [0.3, 0.4) is 0 Å². The monoisotopic (exact) mass is 355 g/mol. The molecule has 25 heavy (non-hydrogen) atoms. The maximum absolute atomic E-state index is 12.9. The van der Waals surface area contributed by atoms with E-state index in [1.54, 1.807) is 26.2 Å². The highest BCUT2D eigenvalue weighted by molar-refractivity contribution is 7.08. The van der Waals surface area contributed by atoms with Gasteiger partial charge >= 0.3 is 0 Å². The van der Waals surface area contributed by atoms with Crippen molar-refractivity contribution >= 4 is 23.1 Å². The minimum atomic E-state index is -0.161. The first-order chi connectivity index (χ1) is 12.1. The molecule has 3 rings (SSSR count). The number of amides is 1. The summed E-state index contributed by atoms with van der Waals surface area (Å²) in [6.45, 7) is 0.